The molecule has 0 aromatic heterocycles. The largest absolute Gasteiger partial charge is 0.385 e. The molecule has 1 rings (SSSR count). The minimum atomic E-state index is 0.652. The minimum Gasteiger partial charge on any atom is -0.385 e. The molecule has 0 radical (unpaired) electrons. The summed E-state index contributed by atoms with van der Waals surface area (Å²) in [6.45, 7) is 1.78. The number of ether oxygens (including phenoxy) is 1. The highest BCUT2D eigenvalue weighted by atomic mass is 32.1. The molecule has 0 aliphatic heterocycles. The number of unbranched alkanes of at least 4 members (excludes halogenated alkanes) is 1. The Morgan fingerprint density at radius 1 is 1.46 bits per heavy atom. The van der Waals surface area contributed by atoms with Crippen molar-refractivity contribution in [2.45, 2.75) is 31.7 Å². The van der Waals surface area contributed by atoms with Crippen molar-refractivity contribution in [3.8, 4) is 0 Å². The summed E-state index contributed by atoms with van der Waals surface area (Å²) in [6, 6.07) is 0.652. The molecule has 1 aliphatic carbocycles. The lowest BCUT2D eigenvalue weighted by atomic mass is 10.3. The highest BCUT2D eigenvalue weighted by Crippen LogP contribution is 2.18. The van der Waals surface area contributed by atoms with Crippen LogP contribution in [0.2, 0.25) is 0 Å². The molecule has 0 unspecified atom stereocenters. The van der Waals surface area contributed by atoms with E-state index < -0.39 is 0 Å². The molecule has 1 fully saturated rings. The van der Waals surface area contributed by atoms with E-state index >= 15 is 0 Å². The van der Waals surface area contributed by atoms with E-state index in [-0.39, 0.29) is 0 Å². The third-order valence-electron chi connectivity index (χ3n) is 1.97. The van der Waals surface area contributed by atoms with Crippen LogP contribution in [0.1, 0.15) is 25.7 Å². The number of rotatable bonds is 6. The summed E-state index contributed by atoms with van der Waals surface area (Å²) >= 11 is 5.09. The Balaban J connectivity index is 1.83. The van der Waals surface area contributed by atoms with Crippen molar-refractivity contribution in [1.82, 2.24) is 10.6 Å². The van der Waals surface area contributed by atoms with Crippen LogP contribution in [0.15, 0.2) is 0 Å². The zero-order chi connectivity index (χ0) is 9.52. The van der Waals surface area contributed by atoms with Gasteiger partial charge in [0.15, 0.2) is 5.11 Å². The predicted octanol–water partition coefficient (Wildman–Crippen LogP) is 1.04. The molecule has 0 saturated heterocycles. The SMILES string of the molecule is COCCCCNC(=S)NC1CC1. The van der Waals surface area contributed by atoms with E-state index in [0.29, 0.717) is 6.04 Å². The van der Waals surface area contributed by atoms with E-state index in [1.807, 2.05) is 0 Å². The van der Waals surface area contributed by atoms with Gasteiger partial charge in [0.2, 0.25) is 0 Å². The lowest BCUT2D eigenvalue weighted by Gasteiger charge is -2.08. The smallest absolute Gasteiger partial charge is 0.166 e. The van der Waals surface area contributed by atoms with Gasteiger partial charge in [0.05, 0.1) is 0 Å². The average Bonchev–Trinajstić information content (AvgIpc) is 2.88. The third kappa shape index (κ3) is 5.82. The maximum absolute atomic E-state index is 5.09. The highest BCUT2D eigenvalue weighted by molar-refractivity contribution is 7.80. The van der Waals surface area contributed by atoms with Gasteiger partial charge in [0.1, 0.15) is 0 Å². The van der Waals surface area contributed by atoms with Crippen LogP contribution in [0, 0.1) is 0 Å². The molecule has 0 aromatic rings. The molecule has 0 bridgehead atoms. The lowest BCUT2D eigenvalue weighted by molar-refractivity contribution is 0.193. The van der Waals surface area contributed by atoms with Crippen LogP contribution in [0.5, 0.6) is 0 Å². The number of hydrogen-bond acceptors (Lipinski definition) is 2. The van der Waals surface area contributed by atoms with Crippen molar-refractivity contribution in [1.29, 1.82) is 0 Å². The van der Waals surface area contributed by atoms with Crippen LogP contribution < -0.4 is 10.6 Å². The fraction of sp³-hybridized carbons (Fsp3) is 0.889. The average molecular weight is 202 g/mol. The molecular formula is C9H18N2OS. The summed E-state index contributed by atoms with van der Waals surface area (Å²) in [7, 11) is 1.73. The molecule has 0 aromatic carbocycles. The van der Waals surface area contributed by atoms with Gasteiger partial charge in [-0.3, -0.25) is 0 Å². The number of methoxy groups -OCH3 is 1. The first-order valence-electron chi connectivity index (χ1n) is 4.86. The first-order chi connectivity index (χ1) is 6.33. The maximum atomic E-state index is 5.09. The summed E-state index contributed by atoms with van der Waals surface area (Å²) in [4.78, 5) is 0. The van der Waals surface area contributed by atoms with Crippen LogP contribution >= 0.6 is 12.2 Å². The first-order valence-corrected chi connectivity index (χ1v) is 5.27. The van der Waals surface area contributed by atoms with Crippen molar-refractivity contribution < 1.29 is 4.74 Å². The lowest BCUT2D eigenvalue weighted by Crippen LogP contribution is -2.37. The predicted molar refractivity (Wildman–Crippen MR) is 57.9 cm³/mol. The van der Waals surface area contributed by atoms with Crippen LogP contribution in [0.3, 0.4) is 0 Å². The summed E-state index contributed by atoms with van der Waals surface area (Å²) in [5.74, 6) is 0. The van der Waals surface area contributed by atoms with Gasteiger partial charge in [0.25, 0.3) is 0 Å². The minimum absolute atomic E-state index is 0.652. The second-order valence-electron chi connectivity index (χ2n) is 3.37. The quantitative estimate of drug-likeness (QED) is 0.498. The van der Waals surface area contributed by atoms with Gasteiger partial charge in [-0.25, -0.2) is 0 Å². The van der Waals surface area contributed by atoms with Gasteiger partial charge in [-0.2, -0.15) is 0 Å². The maximum Gasteiger partial charge on any atom is 0.166 e. The van der Waals surface area contributed by atoms with Crippen molar-refractivity contribution in [3.63, 3.8) is 0 Å². The third-order valence-corrected chi connectivity index (χ3v) is 2.24. The Labute approximate surface area is 85.2 Å². The summed E-state index contributed by atoms with van der Waals surface area (Å²) in [5, 5.41) is 7.22. The summed E-state index contributed by atoms with van der Waals surface area (Å²) in [6.07, 6.45) is 4.74. The van der Waals surface area contributed by atoms with Gasteiger partial charge >= 0.3 is 0 Å². The Hall–Kier alpha value is -0.350. The second kappa shape index (κ2) is 6.16. The summed E-state index contributed by atoms with van der Waals surface area (Å²) < 4.78 is 4.95. The normalized spacial score (nSPS) is 15.5. The molecule has 1 aliphatic rings. The van der Waals surface area contributed by atoms with Crippen LogP contribution in [-0.4, -0.2) is 31.4 Å². The molecule has 4 heteroatoms. The molecule has 13 heavy (non-hydrogen) atoms. The van der Waals surface area contributed by atoms with Gasteiger partial charge < -0.3 is 15.4 Å². The number of thiocarbonyl (C=S) groups is 1. The fourth-order valence-electron chi connectivity index (χ4n) is 1.04. The molecule has 0 heterocycles. The molecule has 76 valence electrons. The van der Waals surface area contributed by atoms with Crippen LogP contribution in [0.4, 0.5) is 0 Å². The zero-order valence-corrected chi connectivity index (χ0v) is 8.95. The molecule has 1 saturated carbocycles. The fourth-order valence-corrected chi connectivity index (χ4v) is 1.31. The highest BCUT2D eigenvalue weighted by Gasteiger charge is 2.21. The van der Waals surface area contributed by atoms with Crippen LogP contribution in [-0.2, 0) is 4.74 Å². The van der Waals surface area contributed by atoms with Crippen LogP contribution in [0.25, 0.3) is 0 Å². The Morgan fingerprint density at radius 3 is 2.85 bits per heavy atom. The van der Waals surface area contributed by atoms with E-state index in [1.54, 1.807) is 7.11 Å². The molecule has 0 atom stereocenters. The number of hydrogen-bond donors (Lipinski definition) is 2. The van der Waals surface area contributed by atoms with Crippen molar-refractivity contribution >= 4 is 17.3 Å². The van der Waals surface area contributed by atoms with Crippen molar-refractivity contribution in [2.24, 2.45) is 0 Å². The number of nitrogens with one attached hydrogen (secondary N) is 2. The van der Waals surface area contributed by atoms with Gasteiger partial charge in [0, 0.05) is 26.3 Å². The van der Waals surface area contributed by atoms with Gasteiger partial charge in [-0.15, -0.1) is 0 Å². The van der Waals surface area contributed by atoms with E-state index in [4.69, 9.17) is 17.0 Å². The first kappa shape index (κ1) is 10.7. The van der Waals surface area contributed by atoms with E-state index in [2.05, 4.69) is 10.6 Å². The monoisotopic (exact) mass is 202 g/mol. The topological polar surface area (TPSA) is 33.3 Å². The Bertz CT molecular complexity index is 160. The second-order valence-corrected chi connectivity index (χ2v) is 3.78. The van der Waals surface area contributed by atoms with E-state index in [1.165, 1.54) is 12.8 Å². The molecule has 0 amide bonds. The molecule has 2 N–H and O–H groups in total. The Morgan fingerprint density at radius 2 is 2.23 bits per heavy atom. The molecular weight excluding hydrogens is 184 g/mol. The molecule has 0 spiro atoms. The van der Waals surface area contributed by atoms with Gasteiger partial charge in [-0.1, -0.05) is 0 Å². The van der Waals surface area contributed by atoms with E-state index in [9.17, 15) is 0 Å². The summed E-state index contributed by atoms with van der Waals surface area (Å²) in [5.41, 5.74) is 0. The molecule has 3 nitrogen and oxygen atoms in total. The zero-order valence-electron chi connectivity index (χ0n) is 8.14. The standard InChI is InChI=1S/C9H18N2OS/c1-12-7-3-2-6-10-9(13)11-8-4-5-8/h8H,2-7H2,1H3,(H2,10,11,13). The van der Waals surface area contributed by atoms with Crippen molar-refractivity contribution in [2.75, 3.05) is 20.3 Å². The van der Waals surface area contributed by atoms with E-state index in [0.717, 1.165) is 31.1 Å². The van der Waals surface area contributed by atoms with Crippen molar-refractivity contribution in [3.05, 3.63) is 0 Å². The Kier molecular flexibility index (Phi) is 5.08. The van der Waals surface area contributed by atoms with Gasteiger partial charge in [-0.05, 0) is 37.9 Å².